The molecule has 3 heteroatoms. The van der Waals surface area contributed by atoms with Crippen molar-refractivity contribution in [3.63, 3.8) is 0 Å². The fourth-order valence-electron chi connectivity index (χ4n) is 4.84. The summed E-state index contributed by atoms with van der Waals surface area (Å²) in [5.74, 6) is -2.70. The molecule has 18 heavy (non-hydrogen) atoms. The molecule has 4 fully saturated rings. The number of hydrogen-bond donors (Lipinski definition) is 0. The van der Waals surface area contributed by atoms with Crippen LogP contribution in [-0.2, 0) is 0 Å². The van der Waals surface area contributed by atoms with Gasteiger partial charge in [0.05, 0.1) is 5.41 Å². The average Bonchev–Trinajstić information content (AvgIpc) is 3.11. The summed E-state index contributed by atoms with van der Waals surface area (Å²) in [6.07, 6.45) is 2.01. The van der Waals surface area contributed by atoms with E-state index in [1.807, 2.05) is 13.8 Å². The number of nitrogens with zero attached hydrogens (tertiary/aromatic N) is 1. The van der Waals surface area contributed by atoms with Crippen LogP contribution >= 0.6 is 0 Å². The lowest BCUT2D eigenvalue weighted by atomic mass is 9.72. The largest absolute Gasteiger partial charge is 0.296 e. The van der Waals surface area contributed by atoms with E-state index >= 15 is 0 Å². The SMILES string of the molecule is [2H]C([2H])(C(C)C)[C@]12C[C@]3(CN1CCC21CC1)CC3(F)F. The Bertz CT molecular complexity index is 474. The molecule has 0 aromatic heterocycles. The lowest BCUT2D eigenvalue weighted by Crippen LogP contribution is -2.45. The van der Waals surface area contributed by atoms with Crippen LogP contribution in [0, 0.1) is 16.7 Å². The van der Waals surface area contributed by atoms with E-state index in [0.29, 0.717) is 13.0 Å². The predicted octanol–water partition coefficient (Wildman–Crippen LogP) is 3.69. The highest BCUT2D eigenvalue weighted by Crippen LogP contribution is 2.77. The first-order chi connectivity index (χ1) is 9.13. The highest BCUT2D eigenvalue weighted by atomic mass is 19.3. The summed E-state index contributed by atoms with van der Waals surface area (Å²) in [4.78, 5) is 2.13. The Balaban J connectivity index is 1.81. The number of hydrogen-bond acceptors (Lipinski definition) is 1. The Morgan fingerprint density at radius 1 is 1.17 bits per heavy atom. The maximum absolute atomic E-state index is 13.9. The molecular weight excluding hydrogens is 232 g/mol. The van der Waals surface area contributed by atoms with Crippen LogP contribution in [0.4, 0.5) is 8.78 Å². The van der Waals surface area contributed by atoms with Crippen molar-refractivity contribution in [1.29, 1.82) is 0 Å². The maximum Gasteiger partial charge on any atom is 0.255 e. The standard InChI is InChI=1S/C15H23F2N/c1-11(2)7-14-8-13(9-15(13,16)17)10-18(14)6-5-12(14)3-4-12/h11H,3-10H2,1-2H3/t13-,14-/m1/s1/i7D2. The summed E-state index contributed by atoms with van der Waals surface area (Å²) in [6.45, 7) is 5.02. The fourth-order valence-corrected chi connectivity index (χ4v) is 4.84. The van der Waals surface area contributed by atoms with Crippen LogP contribution in [-0.4, -0.2) is 29.5 Å². The Morgan fingerprint density at radius 3 is 2.33 bits per heavy atom. The van der Waals surface area contributed by atoms with Crippen molar-refractivity contribution >= 4 is 0 Å². The first kappa shape index (κ1) is 9.68. The second-order valence-electron chi connectivity index (χ2n) is 7.45. The van der Waals surface area contributed by atoms with Gasteiger partial charge in [0.25, 0.3) is 5.92 Å². The molecular formula is C15H23F2N. The van der Waals surface area contributed by atoms with E-state index in [9.17, 15) is 8.78 Å². The molecule has 0 amide bonds. The zero-order valence-electron chi connectivity index (χ0n) is 13.2. The number of alkyl halides is 2. The Kier molecular flexibility index (Phi) is 1.58. The summed E-state index contributed by atoms with van der Waals surface area (Å²) >= 11 is 0. The molecule has 0 N–H and O–H groups in total. The number of rotatable bonds is 2. The van der Waals surface area contributed by atoms with Crippen LogP contribution in [0.3, 0.4) is 0 Å². The highest BCUT2D eigenvalue weighted by molar-refractivity contribution is 5.29. The minimum absolute atomic E-state index is 0.0110. The average molecular weight is 257 g/mol. The van der Waals surface area contributed by atoms with Gasteiger partial charge in [0.15, 0.2) is 0 Å². The van der Waals surface area contributed by atoms with E-state index in [1.54, 1.807) is 0 Å². The van der Waals surface area contributed by atoms with E-state index in [-0.39, 0.29) is 17.8 Å². The second kappa shape index (κ2) is 2.94. The van der Waals surface area contributed by atoms with Crippen molar-refractivity contribution in [2.45, 2.75) is 63.8 Å². The molecule has 2 heterocycles. The molecule has 0 unspecified atom stereocenters. The molecule has 2 spiro atoms. The molecule has 0 bridgehead atoms. The van der Waals surface area contributed by atoms with Crippen molar-refractivity contribution in [3.8, 4) is 0 Å². The highest BCUT2D eigenvalue weighted by Gasteiger charge is 2.81. The van der Waals surface area contributed by atoms with Crippen LogP contribution < -0.4 is 0 Å². The van der Waals surface area contributed by atoms with Crippen molar-refractivity contribution in [2.24, 2.45) is 16.7 Å². The summed E-state index contributed by atoms with van der Waals surface area (Å²) in [7, 11) is 0. The minimum Gasteiger partial charge on any atom is -0.296 e. The molecule has 0 aromatic carbocycles. The van der Waals surface area contributed by atoms with Crippen LogP contribution in [0.2, 0.25) is 0 Å². The Hall–Kier alpha value is -0.180. The van der Waals surface area contributed by atoms with Crippen LogP contribution in [0.5, 0.6) is 0 Å². The summed E-state index contributed by atoms with van der Waals surface area (Å²) in [5.41, 5.74) is -1.55. The molecule has 0 radical (unpaired) electrons. The van der Waals surface area contributed by atoms with E-state index in [1.165, 1.54) is 0 Å². The van der Waals surface area contributed by atoms with E-state index in [0.717, 1.165) is 25.8 Å². The molecule has 4 aliphatic rings. The van der Waals surface area contributed by atoms with Crippen LogP contribution in [0.1, 0.15) is 55.1 Å². The fraction of sp³-hybridized carbons (Fsp3) is 1.00. The first-order valence-corrected chi connectivity index (χ1v) is 7.26. The summed E-state index contributed by atoms with van der Waals surface area (Å²) in [6, 6.07) is 0. The zero-order valence-corrected chi connectivity index (χ0v) is 11.2. The van der Waals surface area contributed by atoms with Gasteiger partial charge >= 0.3 is 0 Å². The molecule has 1 nitrogen and oxygen atoms in total. The van der Waals surface area contributed by atoms with Crippen LogP contribution in [0.25, 0.3) is 0 Å². The van der Waals surface area contributed by atoms with Gasteiger partial charge in [-0.05, 0) is 49.9 Å². The second-order valence-corrected chi connectivity index (χ2v) is 7.45. The number of fused-ring (bicyclic) bond motifs is 2. The van der Waals surface area contributed by atoms with E-state index in [2.05, 4.69) is 4.90 Å². The van der Waals surface area contributed by atoms with E-state index < -0.39 is 23.2 Å². The minimum atomic E-state index is -2.56. The Morgan fingerprint density at radius 2 is 1.83 bits per heavy atom. The lowest BCUT2D eigenvalue weighted by Gasteiger charge is -2.39. The third kappa shape index (κ3) is 1.16. The van der Waals surface area contributed by atoms with Gasteiger partial charge in [0, 0.05) is 21.2 Å². The van der Waals surface area contributed by atoms with Gasteiger partial charge in [0.2, 0.25) is 0 Å². The molecule has 2 saturated heterocycles. The smallest absolute Gasteiger partial charge is 0.255 e. The van der Waals surface area contributed by atoms with Gasteiger partial charge in [-0.1, -0.05) is 13.8 Å². The van der Waals surface area contributed by atoms with Gasteiger partial charge in [-0.2, -0.15) is 0 Å². The quantitative estimate of drug-likeness (QED) is 0.729. The first-order valence-electron chi connectivity index (χ1n) is 8.26. The van der Waals surface area contributed by atoms with Gasteiger partial charge in [-0.3, -0.25) is 4.90 Å². The third-order valence-corrected chi connectivity index (χ3v) is 5.96. The molecule has 2 saturated carbocycles. The Labute approximate surface area is 111 Å². The van der Waals surface area contributed by atoms with Crippen LogP contribution in [0.15, 0.2) is 0 Å². The van der Waals surface area contributed by atoms with Crippen molar-refractivity contribution in [1.82, 2.24) is 4.90 Å². The van der Waals surface area contributed by atoms with Gasteiger partial charge in [-0.25, -0.2) is 8.78 Å². The van der Waals surface area contributed by atoms with Gasteiger partial charge in [-0.15, -0.1) is 0 Å². The van der Waals surface area contributed by atoms with Gasteiger partial charge in [0.1, 0.15) is 0 Å². The predicted molar refractivity (Wildman–Crippen MR) is 66.7 cm³/mol. The molecule has 2 aliphatic heterocycles. The van der Waals surface area contributed by atoms with Crippen molar-refractivity contribution in [2.75, 3.05) is 13.1 Å². The van der Waals surface area contributed by atoms with Crippen molar-refractivity contribution < 1.29 is 11.5 Å². The maximum atomic E-state index is 13.9. The monoisotopic (exact) mass is 257 g/mol. The lowest BCUT2D eigenvalue weighted by molar-refractivity contribution is 0.0629. The molecule has 0 aromatic rings. The molecule has 102 valence electrons. The molecule has 2 aliphatic carbocycles. The molecule has 4 rings (SSSR count). The zero-order chi connectivity index (χ0) is 14.6. The van der Waals surface area contributed by atoms with Gasteiger partial charge < -0.3 is 0 Å². The molecule has 2 atom stereocenters. The van der Waals surface area contributed by atoms with E-state index in [4.69, 9.17) is 2.74 Å². The normalized spacial score (nSPS) is 49.6. The summed E-state index contributed by atoms with van der Waals surface area (Å²) < 4.78 is 45.2. The topological polar surface area (TPSA) is 3.24 Å². The third-order valence-electron chi connectivity index (χ3n) is 5.96. The van der Waals surface area contributed by atoms with Crippen molar-refractivity contribution in [3.05, 3.63) is 0 Å². The summed E-state index contributed by atoms with van der Waals surface area (Å²) in [5, 5.41) is 0. The number of halogens is 2.